The van der Waals surface area contributed by atoms with E-state index in [-0.39, 0.29) is 82.8 Å². The van der Waals surface area contributed by atoms with Crippen LogP contribution >= 0.6 is 0 Å². The first kappa shape index (κ1) is 54.3. The summed E-state index contributed by atoms with van der Waals surface area (Å²) in [5, 5.41) is 51.6. The van der Waals surface area contributed by atoms with Gasteiger partial charge in [-0.2, -0.15) is 25.3 Å². The minimum absolute atomic E-state index is 0.00608. The largest absolute Gasteiger partial charge is 0.507 e. The number of phenols is 3. The van der Waals surface area contributed by atoms with Crippen LogP contribution in [0, 0.1) is 0 Å². The Morgan fingerprint density at radius 3 is 1.36 bits per heavy atom. The fourth-order valence-corrected chi connectivity index (χ4v) is 10.9. The zero-order valence-electron chi connectivity index (χ0n) is 41.2. The van der Waals surface area contributed by atoms with Gasteiger partial charge in [0.25, 0.3) is 48.1 Å². The van der Waals surface area contributed by atoms with Crippen molar-refractivity contribution in [2.24, 2.45) is 0 Å². The van der Waals surface area contributed by atoms with Gasteiger partial charge in [-0.1, -0.05) is 66.7 Å². The Kier molecular flexibility index (Phi) is 13.9. The van der Waals surface area contributed by atoms with Gasteiger partial charge in [0.15, 0.2) is 0 Å². The summed E-state index contributed by atoms with van der Waals surface area (Å²) in [6.07, 6.45) is 0. The second-order valence-electron chi connectivity index (χ2n) is 18.3. The quantitative estimate of drug-likeness (QED) is 0.0480. The molecular formula is C58H39N3O17S3. The second kappa shape index (κ2) is 20.7. The maximum atomic E-state index is 13.9. The molecular weight excluding hydrogens is 1110 g/mol. The topological polar surface area (TPSA) is 348 Å². The lowest BCUT2D eigenvalue weighted by Gasteiger charge is -2.18. The lowest BCUT2D eigenvalue weighted by atomic mass is 9.89. The van der Waals surface area contributed by atoms with Gasteiger partial charge in [0.1, 0.15) is 17.2 Å². The van der Waals surface area contributed by atoms with Crippen molar-refractivity contribution < 1.29 is 78.5 Å². The van der Waals surface area contributed by atoms with Gasteiger partial charge in [-0.05, 0) is 141 Å². The Morgan fingerprint density at radius 1 is 0.358 bits per heavy atom. The van der Waals surface area contributed by atoms with E-state index in [1.807, 2.05) is 0 Å². The molecule has 0 spiro atoms. The Labute approximate surface area is 459 Å². The maximum absolute atomic E-state index is 13.9. The van der Waals surface area contributed by atoms with Gasteiger partial charge in [-0.15, -0.1) is 0 Å². The van der Waals surface area contributed by atoms with E-state index in [1.165, 1.54) is 91.0 Å². The Morgan fingerprint density at radius 2 is 0.815 bits per heavy atom. The third-order valence-corrected chi connectivity index (χ3v) is 15.7. The van der Waals surface area contributed by atoms with Gasteiger partial charge >= 0.3 is 5.97 Å². The molecule has 20 nitrogen and oxygen atoms in total. The summed E-state index contributed by atoms with van der Waals surface area (Å²) < 4.78 is 101. The number of fused-ring (bicyclic) bond motifs is 3. The number of phenolic OH excluding ortho intramolecular Hbond substituents is 3. The van der Waals surface area contributed by atoms with Crippen molar-refractivity contribution in [2.75, 3.05) is 16.0 Å². The monoisotopic (exact) mass is 1150 g/mol. The summed E-state index contributed by atoms with van der Waals surface area (Å²) in [4.78, 5) is 51.3. The third-order valence-electron chi connectivity index (χ3n) is 13.2. The molecule has 3 amide bonds. The fourth-order valence-electron chi connectivity index (χ4n) is 9.27. The van der Waals surface area contributed by atoms with E-state index in [0.29, 0.717) is 22.3 Å². The Balaban J connectivity index is 0.907. The van der Waals surface area contributed by atoms with E-state index in [4.69, 9.17) is 0 Å². The molecule has 10 aromatic carbocycles. The van der Waals surface area contributed by atoms with Crippen LogP contribution in [0.15, 0.2) is 191 Å². The first-order valence-electron chi connectivity index (χ1n) is 23.7. The SMILES string of the molecule is O=C(O)c1ccc(-c2ccc(C(=O)Nc3ccc4cc(S(=O)(=O)O)cc(O)c4c3)cc2)c(-c2ccc(NC(=O)c3ccc(-c4ccc(C(=O)Nc5cccc6cc(S(=O)(=O)O)cc(O)c56)cc4)cc3)c3c(O)cc(S(=O)(=O)O)cc23)c1. The summed E-state index contributed by atoms with van der Waals surface area (Å²) in [5.74, 6) is -4.75. The average Bonchev–Trinajstić information content (AvgIpc) is 3.37. The van der Waals surface area contributed by atoms with E-state index in [9.17, 15) is 78.5 Å². The number of hydrogen-bond donors (Lipinski definition) is 10. The third kappa shape index (κ3) is 11.1. The highest BCUT2D eigenvalue weighted by atomic mass is 32.2. The second-order valence-corrected chi connectivity index (χ2v) is 22.6. The molecule has 10 N–H and O–H groups in total. The van der Waals surface area contributed by atoms with Crippen LogP contribution in [0.3, 0.4) is 0 Å². The van der Waals surface area contributed by atoms with Gasteiger partial charge in [-0.25, -0.2) is 4.79 Å². The molecule has 0 aromatic heterocycles. The number of carboxylic acid groups (broad SMARTS) is 1. The van der Waals surface area contributed by atoms with Gasteiger partial charge < -0.3 is 36.4 Å². The van der Waals surface area contributed by atoms with E-state index in [2.05, 4.69) is 16.0 Å². The summed E-state index contributed by atoms with van der Waals surface area (Å²) in [6.45, 7) is 0. The van der Waals surface area contributed by atoms with Crippen molar-refractivity contribution in [3.05, 3.63) is 198 Å². The van der Waals surface area contributed by atoms with Crippen molar-refractivity contribution in [3.8, 4) is 50.6 Å². The van der Waals surface area contributed by atoms with Crippen molar-refractivity contribution in [3.63, 3.8) is 0 Å². The number of hydrogen-bond acceptors (Lipinski definition) is 13. The van der Waals surface area contributed by atoms with Crippen molar-refractivity contribution in [2.45, 2.75) is 14.7 Å². The molecule has 406 valence electrons. The van der Waals surface area contributed by atoms with Crippen LogP contribution in [0.25, 0.3) is 65.7 Å². The first-order valence-corrected chi connectivity index (χ1v) is 28.0. The van der Waals surface area contributed by atoms with Crippen molar-refractivity contribution in [1.82, 2.24) is 0 Å². The summed E-state index contributed by atoms with van der Waals surface area (Å²) in [7, 11) is -14.2. The molecule has 0 bridgehead atoms. The number of aromatic hydroxyl groups is 3. The number of carbonyl (C=O) groups is 4. The first-order chi connectivity index (χ1) is 38.3. The number of anilines is 3. The highest BCUT2D eigenvalue weighted by molar-refractivity contribution is 7.86. The smallest absolute Gasteiger partial charge is 0.335 e. The van der Waals surface area contributed by atoms with Gasteiger partial charge in [0, 0.05) is 56.7 Å². The molecule has 0 fully saturated rings. The minimum atomic E-state index is -4.97. The molecule has 10 aromatic rings. The van der Waals surface area contributed by atoms with Gasteiger partial charge in [0.05, 0.1) is 31.6 Å². The minimum Gasteiger partial charge on any atom is -0.507 e. The molecule has 10 rings (SSSR count). The maximum Gasteiger partial charge on any atom is 0.335 e. The summed E-state index contributed by atoms with van der Waals surface area (Å²) in [5.41, 5.74) is 3.20. The highest BCUT2D eigenvalue weighted by Crippen LogP contribution is 2.44. The molecule has 0 heterocycles. The molecule has 23 heteroatoms. The molecule has 0 aliphatic carbocycles. The van der Waals surface area contributed by atoms with E-state index in [1.54, 1.807) is 48.5 Å². The lowest BCUT2D eigenvalue weighted by molar-refractivity contribution is 0.0696. The van der Waals surface area contributed by atoms with Crippen LogP contribution in [0.4, 0.5) is 17.1 Å². The van der Waals surface area contributed by atoms with E-state index < -0.39 is 86.0 Å². The molecule has 0 saturated heterocycles. The predicted molar refractivity (Wildman–Crippen MR) is 300 cm³/mol. The standard InChI is InChI=1S/C58H39N3O17S3/c62-50-27-40(79(70,71)72)22-36-16-18-39(25-45(36)50)59-55(65)33-14-8-32(9-15-33)43-19-17-38(58(68)69)24-46(43)44-20-21-49(54-47(44)26-42(29-52(54)64)81(76,77)78)61-57(67)35-12-6-31(7-13-35)30-4-10-34(11-5-30)56(66)60-48-3-1-2-37-23-41(80(73,74)75)28-51(63)53(37)48/h1-29,62-64H,(H,59,65)(H,60,66)(H,61,67)(H,68,69)(H,70,71,72)(H,73,74,75)(H,76,77,78). The summed E-state index contributed by atoms with van der Waals surface area (Å²) >= 11 is 0. The van der Waals surface area contributed by atoms with Crippen LogP contribution in [-0.4, -0.2) is 83.0 Å². The van der Waals surface area contributed by atoms with Crippen LogP contribution in [0.1, 0.15) is 41.4 Å². The number of benzene rings is 10. The molecule has 0 aliphatic heterocycles. The van der Waals surface area contributed by atoms with Crippen LogP contribution in [0.2, 0.25) is 0 Å². The molecule has 0 saturated carbocycles. The Bertz CT molecular complexity index is 4690. The number of rotatable bonds is 13. The molecule has 0 atom stereocenters. The normalized spacial score (nSPS) is 11.8. The van der Waals surface area contributed by atoms with Gasteiger partial charge in [0.2, 0.25) is 0 Å². The van der Waals surface area contributed by atoms with Crippen LogP contribution < -0.4 is 16.0 Å². The zero-order valence-corrected chi connectivity index (χ0v) is 43.6. The van der Waals surface area contributed by atoms with Crippen molar-refractivity contribution >= 4 is 103 Å². The van der Waals surface area contributed by atoms with E-state index >= 15 is 0 Å². The Hall–Kier alpha value is -10.0. The lowest BCUT2D eigenvalue weighted by Crippen LogP contribution is -2.12. The van der Waals surface area contributed by atoms with Crippen molar-refractivity contribution in [1.29, 1.82) is 0 Å². The van der Waals surface area contributed by atoms with E-state index in [0.717, 1.165) is 36.4 Å². The number of nitrogens with one attached hydrogen (secondary N) is 3. The zero-order chi connectivity index (χ0) is 57.9. The molecule has 0 radical (unpaired) electrons. The fraction of sp³-hybridized carbons (Fsp3) is 0. The molecule has 81 heavy (non-hydrogen) atoms. The van der Waals surface area contributed by atoms with Crippen LogP contribution in [0.5, 0.6) is 17.2 Å². The molecule has 0 aliphatic rings. The number of amides is 3. The number of aromatic carboxylic acids is 1. The number of carboxylic acids is 1. The van der Waals surface area contributed by atoms with Gasteiger partial charge in [-0.3, -0.25) is 28.0 Å². The number of carbonyl (C=O) groups excluding carboxylic acids is 3. The van der Waals surface area contributed by atoms with Crippen LogP contribution in [-0.2, 0) is 30.4 Å². The summed E-state index contributed by atoms with van der Waals surface area (Å²) in [6, 6.07) is 40.5. The predicted octanol–water partition coefficient (Wildman–Crippen LogP) is 10.5. The molecule has 0 unspecified atom stereocenters. The average molecular weight is 1150 g/mol. The highest BCUT2D eigenvalue weighted by Gasteiger charge is 2.24.